The van der Waals surface area contributed by atoms with Crippen LogP contribution in [0.3, 0.4) is 0 Å². The fourth-order valence-electron chi connectivity index (χ4n) is 7.22. The average molecular weight is 1050 g/mol. The van der Waals surface area contributed by atoms with Crippen molar-refractivity contribution in [2.75, 3.05) is 116 Å². The summed E-state index contributed by atoms with van der Waals surface area (Å²) in [5.41, 5.74) is 15.5. The van der Waals surface area contributed by atoms with Gasteiger partial charge in [-0.1, -0.05) is 36.0 Å². The highest BCUT2D eigenvalue weighted by Crippen LogP contribution is 2.41. The maximum absolute atomic E-state index is 13.3. The molecule has 0 amide bonds. The van der Waals surface area contributed by atoms with Crippen molar-refractivity contribution in [3.8, 4) is 28.5 Å². The number of ether oxygens (including phenoxy) is 8. The predicted molar refractivity (Wildman–Crippen MR) is 285 cm³/mol. The van der Waals surface area contributed by atoms with Gasteiger partial charge in [-0.25, -0.2) is 20.4 Å². The first-order valence-electron chi connectivity index (χ1n) is 24.2. The number of hydrogen-bond acceptors (Lipinski definition) is 21. The van der Waals surface area contributed by atoms with Gasteiger partial charge in [0.15, 0.2) is 11.5 Å². The van der Waals surface area contributed by atoms with Crippen LogP contribution in [0.2, 0.25) is 0 Å². The molecule has 3 aromatic heterocycles. The number of carbonyl (C=O) groups excluding carboxylic acids is 2. The number of nitrogens with zero attached hydrogens (tertiary/aromatic N) is 3. The summed E-state index contributed by atoms with van der Waals surface area (Å²) in [6.45, 7) is 7.04. The molecule has 0 aliphatic carbocycles. The van der Waals surface area contributed by atoms with E-state index < -0.39 is 17.4 Å². The van der Waals surface area contributed by atoms with Crippen molar-refractivity contribution in [3.63, 3.8) is 0 Å². The monoisotopic (exact) mass is 1050 g/mol. The number of carbonyl (C=O) groups is 2. The molecule has 3 aromatic carbocycles. The number of hydrazine groups is 1. The van der Waals surface area contributed by atoms with Gasteiger partial charge in [-0.3, -0.25) is 4.79 Å². The number of rotatable bonds is 32. The second kappa shape index (κ2) is 28.9. The first-order chi connectivity index (χ1) is 36.6. The van der Waals surface area contributed by atoms with Crippen LogP contribution in [0, 0.1) is 0 Å². The number of imidazole rings is 1. The van der Waals surface area contributed by atoms with E-state index in [0.29, 0.717) is 128 Å². The summed E-state index contributed by atoms with van der Waals surface area (Å²) in [6, 6.07) is 24.9. The maximum atomic E-state index is 13.3. The third kappa shape index (κ3) is 16.8. The molecule has 0 saturated carbocycles. The summed E-state index contributed by atoms with van der Waals surface area (Å²) in [7, 11) is 0. The Labute approximate surface area is 437 Å². The Kier molecular flexibility index (Phi) is 21.3. The molecule has 7 rings (SSSR count). The minimum absolute atomic E-state index is 0.0744. The van der Waals surface area contributed by atoms with Gasteiger partial charge in [0.05, 0.1) is 106 Å². The number of hydrogen-bond donors (Lipinski definition) is 6. The molecule has 0 saturated heterocycles. The molecule has 75 heavy (non-hydrogen) atoms. The molecule has 22 heteroatoms. The van der Waals surface area contributed by atoms with Crippen LogP contribution in [0.15, 0.2) is 134 Å². The quantitative estimate of drug-likeness (QED) is 0.00599. The molecule has 0 spiro atoms. The fraction of sp³-hybridized carbons (Fsp3) is 0.321. The van der Waals surface area contributed by atoms with E-state index in [0.717, 1.165) is 22.8 Å². The summed E-state index contributed by atoms with van der Waals surface area (Å²) >= 11 is 1.12. The lowest BCUT2D eigenvalue weighted by atomic mass is 10.1. The number of pyridine rings is 1. The molecule has 0 fully saturated rings. The van der Waals surface area contributed by atoms with Crippen molar-refractivity contribution < 1.29 is 57.0 Å². The predicted octanol–water partition coefficient (Wildman–Crippen LogP) is 5.24. The topological polar surface area (TPSA) is 281 Å². The van der Waals surface area contributed by atoms with Crippen LogP contribution in [0.25, 0.3) is 33.9 Å². The standard InChI is InChI=1S/C53H62N8O13S/c1-2-71-53(65)49-50(63)47(75-51(49)58-39-6-4-3-5-7-39)29-36-8-11-45(44(62)28-36)73-27-25-66-17-16-61(56)33-38(55)35-70-23-22-68-19-18-67-20-21-69-24-26-72-41-12-15-60-34-43(59-48(60)32-41)42-30-37-9-10-40(57-14-13-54)31-46(37)74-52(42)64/h3-12,15,28-34,57-58,62H,2,13-14,16-27,35,54-56H2,1H3/b38-33-,47-29-. The van der Waals surface area contributed by atoms with E-state index in [9.17, 15) is 19.5 Å². The van der Waals surface area contributed by atoms with Crippen LogP contribution in [-0.4, -0.2) is 137 Å². The summed E-state index contributed by atoms with van der Waals surface area (Å²) in [4.78, 5) is 43.8. The van der Waals surface area contributed by atoms with Crippen LogP contribution < -0.4 is 43.0 Å². The zero-order valence-corrected chi connectivity index (χ0v) is 42.4. The van der Waals surface area contributed by atoms with Gasteiger partial charge in [0.1, 0.15) is 35.8 Å². The lowest BCUT2D eigenvalue weighted by molar-refractivity contribution is -0.139. The number of aromatic hydroxyl groups is 1. The lowest BCUT2D eigenvalue weighted by Gasteiger charge is -2.15. The highest BCUT2D eigenvalue weighted by atomic mass is 32.2. The maximum Gasteiger partial charge on any atom is 0.345 e. The molecule has 9 N–H and O–H groups in total. The molecule has 0 bridgehead atoms. The number of benzene rings is 3. The number of nitrogens with one attached hydrogen (secondary N) is 2. The third-order valence-corrected chi connectivity index (χ3v) is 11.8. The van der Waals surface area contributed by atoms with Crippen molar-refractivity contribution in [1.82, 2.24) is 14.4 Å². The van der Waals surface area contributed by atoms with E-state index >= 15 is 0 Å². The Morgan fingerprint density at radius 3 is 2.29 bits per heavy atom. The number of allylic oxidation sites excluding steroid dienone is 1. The van der Waals surface area contributed by atoms with Crippen LogP contribution in [0.5, 0.6) is 17.2 Å². The summed E-state index contributed by atoms with van der Waals surface area (Å²) < 4.78 is 52.1. The van der Waals surface area contributed by atoms with Crippen LogP contribution >= 0.6 is 11.8 Å². The Balaban J connectivity index is 0.680. The van der Waals surface area contributed by atoms with Crippen LogP contribution in [0.4, 0.5) is 11.4 Å². The van der Waals surface area contributed by atoms with Crippen molar-refractivity contribution in [1.29, 1.82) is 0 Å². The van der Waals surface area contributed by atoms with Gasteiger partial charge in [-0.15, -0.1) is 0 Å². The molecule has 0 radical (unpaired) electrons. The number of phenolic OH excluding ortho intramolecular Hbond substituents is 1. The first-order valence-corrected chi connectivity index (χ1v) is 25.0. The zero-order chi connectivity index (χ0) is 52.8. The Bertz CT molecular complexity index is 3000. The van der Waals surface area contributed by atoms with E-state index in [1.807, 2.05) is 59.1 Å². The molecule has 0 unspecified atom stereocenters. The van der Waals surface area contributed by atoms with Gasteiger partial charge in [0.2, 0.25) is 5.78 Å². The Morgan fingerprint density at radius 1 is 0.840 bits per heavy atom. The van der Waals surface area contributed by atoms with Crippen molar-refractivity contribution in [2.45, 2.75) is 6.92 Å². The number of nitrogens with two attached hydrogens (primary N) is 3. The normalized spacial score (nSPS) is 13.3. The highest BCUT2D eigenvalue weighted by molar-refractivity contribution is 8.08. The number of aromatic nitrogens is 2. The van der Waals surface area contributed by atoms with Gasteiger partial charge in [-0.2, -0.15) is 0 Å². The van der Waals surface area contributed by atoms with Crippen molar-refractivity contribution in [2.24, 2.45) is 17.3 Å². The number of thioether (sulfide) groups is 1. The number of anilines is 2. The van der Waals surface area contributed by atoms with Crippen molar-refractivity contribution >= 4 is 57.6 Å². The van der Waals surface area contributed by atoms with E-state index in [1.54, 1.807) is 55.7 Å². The van der Waals surface area contributed by atoms with Gasteiger partial charge >= 0.3 is 11.6 Å². The molecule has 1 aliphatic heterocycles. The molecule has 6 aromatic rings. The Hall–Kier alpha value is -7.41. The molecule has 0 atom stereocenters. The number of phenols is 1. The first kappa shape index (κ1) is 55.3. The minimum Gasteiger partial charge on any atom is -0.504 e. The largest absolute Gasteiger partial charge is 0.504 e. The van der Waals surface area contributed by atoms with Crippen LogP contribution in [-0.2, 0) is 38.0 Å². The molecular weight excluding hydrogens is 989 g/mol. The molecule has 1 aliphatic rings. The smallest absolute Gasteiger partial charge is 0.345 e. The third-order valence-electron chi connectivity index (χ3n) is 10.8. The number of Topliss-reactive ketones (excluding diaryl/α,β-unsaturated/α-hetero) is 1. The molecular formula is C53H62N8O13S. The summed E-state index contributed by atoms with van der Waals surface area (Å²) in [6.07, 6.45) is 6.75. The highest BCUT2D eigenvalue weighted by Gasteiger charge is 2.35. The summed E-state index contributed by atoms with van der Waals surface area (Å²) in [5.74, 6) is 5.59. The minimum atomic E-state index is -0.709. The molecule has 21 nitrogen and oxygen atoms in total. The van der Waals surface area contributed by atoms with Gasteiger partial charge in [-0.05, 0) is 67.1 Å². The van der Waals surface area contributed by atoms with E-state index in [2.05, 4.69) is 15.6 Å². The second-order valence-corrected chi connectivity index (χ2v) is 17.4. The summed E-state index contributed by atoms with van der Waals surface area (Å²) in [5, 5.41) is 19.5. The van der Waals surface area contributed by atoms with E-state index in [-0.39, 0.29) is 50.1 Å². The van der Waals surface area contributed by atoms with Gasteiger partial charge in [0.25, 0.3) is 0 Å². The van der Waals surface area contributed by atoms with Crippen molar-refractivity contribution in [3.05, 3.63) is 141 Å². The second-order valence-electron chi connectivity index (χ2n) is 16.4. The molecule has 4 heterocycles. The number of ketones is 1. The van der Waals surface area contributed by atoms with E-state index in [4.69, 9.17) is 59.6 Å². The SMILES string of the molecule is CCOC(=O)C1=C(Nc2ccccc2)S/C(=C\c2ccc(OCCOCCN(N)/C=C(\N)COCCOCCOCCOCCOc3ccn4cc(-c5cc6ccc(NCCN)cc6oc5=O)nc4c3)c(O)c2)C1=O. The van der Waals surface area contributed by atoms with Gasteiger partial charge in [0, 0.05) is 60.6 Å². The number of esters is 1. The van der Waals surface area contributed by atoms with E-state index in [1.165, 1.54) is 11.1 Å². The number of fused-ring (bicyclic) bond motifs is 2. The lowest BCUT2D eigenvalue weighted by Crippen LogP contribution is -2.31. The molecule has 398 valence electrons. The average Bonchev–Trinajstić information content (AvgIpc) is 3.96. The fourth-order valence-corrected chi connectivity index (χ4v) is 8.28. The van der Waals surface area contributed by atoms with Crippen LogP contribution in [0.1, 0.15) is 12.5 Å². The zero-order valence-electron chi connectivity index (χ0n) is 41.5. The van der Waals surface area contributed by atoms with Gasteiger partial charge < -0.3 is 78.9 Å². The Morgan fingerprint density at radius 2 is 1.56 bits per heavy atom. The number of para-hydroxylation sites is 1.